The number of hydrogen-bond acceptors (Lipinski definition) is 4. The lowest BCUT2D eigenvalue weighted by molar-refractivity contribution is 0.0697. The molecule has 5 heteroatoms. The van der Waals surface area contributed by atoms with Crippen molar-refractivity contribution in [3.05, 3.63) is 36.0 Å². The van der Waals surface area contributed by atoms with Gasteiger partial charge < -0.3 is 15.3 Å². The first-order valence-corrected chi connectivity index (χ1v) is 4.22. The first-order chi connectivity index (χ1) is 7.16. The van der Waals surface area contributed by atoms with Gasteiger partial charge in [0.05, 0.1) is 11.8 Å². The van der Waals surface area contributed by atoms with Crippen LogP contribution in [0.5, 0.6) is 0 Å². The minimum atomic E-state index is -0.982. The predicted octanol–water partition coefficient (Wildman–Crippen LogP) is 1.62. The highest BCUT2D eigenvalue weighted by atomic mass is 16.4. The largest absolute Gasteiger partial charge is 0.478 e. The summed E-state index contributed by atoms with van der Waals surface area (Å²) in [5, 5.41) is 8.79. The molecule has 76 valence electrons. The van der Waals surface area contributed by atoms with Crippen molar-refractivity contribution in [3.8, 4) is 11.3 Å². The Morgan fingerprint density at radius 2 is 2.27 bits per heavy atom. The number of benzene rings is 1. The van der Waals surface area contributed by atoms with Crippen LogP contribution in [0.1, 0.15) is 10.4 Å². The highest BCUT2D eigenvalue weighted by Gasteiger charge is 2.07. The maximum absolute atomic E-state index is 10.7. The molecule has 2 rings (SSSR count). The number of aromatic carboxylic acids is 1. The Kier molecular flexibility index (Phi) is 2.13. The molecule has 0 fully saturated rings. The van der Waals surface area contributed by atoms with Gasteiger partial charge >= 0.3 is 5.97 Å². The van der Waals surface area contributed by atoms with Crippen molar-refractivity contribution in [3.63, 3.8) is 0 Å². The second kappa shape index (κ2) is 3.45. The molecule has 0 spiro atoms. The lowest BCUT2D eigenvalue weighted by Gasteiger charge is -1.97. The smallest absolute Gasteiger partial charge is 0.335 e. The molecule has 5 nitrogen and oxygen atoms in total. The van der Waals surface area contributed by atoms with Gasteiger partial charge in [0.1, 0.15) is 0 Å². The van der Waals surface area contributed by atoms with Crippen LogP contribution in [0, 0.1) is 0 Å². The molecule has 0 atom stereocenters. The van der Waals surface area contributed by atoms with Crippen LogP contribution in [0.15, 0.2) is 34.9 Å². The molecule has 0 saturated heterocycles. The van der Waals surface area contributed by atoms with E-state index in [0.717, 1.165) is 0 Å². The topological polar surface area (TPSA) is 89.3 Å². The second-order valence-electron chi connectivity index (χ2n) is 2.95. The van der Waals surface area contributed by atoms with E-state index in [1.54, 1.807) is 12.1 Å². The molecule has 0 saturated carbocycles. The van der Waals surface area contributed by atoms with Crippen molar-refractivity contribution < 1.29 is 14.3 Å². The van der Waals surface area contributed by atoms with Gasteiger partial charge in [0.25, 0.3) is 6.01 Å². The molecule has 0 amide bonds. The monoisotopic (exact) mass is 204 g/mol. The minimum absolute atomic E-state index is 0.0609. The summed E-state index contributed by atoms with van der Waals surface area (Å²) in [4.78, 5) is 14.4. The number of aromatic nitrogens is 1. The molecule has 3 N–H and O–H groups in total. The number of carbonyl (C=O) groups is 1. The molecular formula is C10H8N2O3. The number of anilines is 1. The first-order valence-electron chi connectivity index (χ1n) is 4.22. The van der Waals surface area contributed by atoms with Crippen molar-refractivity contribution in [2.45, 2.75) is 0 Å². The van der Waals surface area contributed by atoms with E-state index >= 15 is 0 Å². The molecule has 15 heavy (non-hydrogen) atoms. The highest BCUT2D eigenvalue weighted by Crippen LogP contribution is 2.21. The van der Waals surface area contributed by atoms with Crippen LogP contribution in [0.3, 0.4) is 0 Å². The zero-order chi connectivity index (χ0) is 10.8. The van der Waals surface area contributed by atoms with Crippen molar-refractivity contribution >= 4 is 12.0 Å². The van der Waals surface area contributed by atoms with E-state index in [4.69, 9.17) is 15.3 Å². The van der Waals surface area contributed by atoms with Gasteiger partial charge in [0.15, 0.2) is 5.76 Å². The average molecular weight is 204 g/mol. The number of carboxylic acids is 1. The summed E-state index contributed by atoms with van der Waals surface area (Å²) in [5.41, 5.74) is 6.15. The summed E-state index contributed by atoms with van der Waals surface area (Å²) < 4.78 is 5.08. The van der Waals surface area contributed by atoms with Crippen LogP contribution in [-0.4, -0.2) is 16.1 Å². The number of nitrogens with two attached hydrogens (primary N) is 1. The Bertz CT molecular complexity index is 505. The highest BCUT2D eigenvalue weighted by molar-refractivity contribution is 5.89. The Balaban J connectivity index is 2.45. The summed E-state index contributed by atoms with van der Waals surface area (Å²) >= 11 is 0. The first kappa shape index (κ1) is 9.26. The molecule has 1 aromatic heterocycles. The van der Waals surface area contributed by atoms with Gasteiger partial charge in [-0.25, -0.2) is 9.78 Å². The fraction of sp³-hybridized carbons (Fsp3) is 0. The maximum atomic E-state index is 10.7. The average Bonchev–Trinajstić information content (AvgIpc) is 2.65. The number of nitrogen functional groups attached to an aromatic ring is 1. The van der Waals surface area contributed by atoms with Gasteiger partial charge in [-0.3, -0.25) is 0 Å². The fourth-order valence-corrected chi connectivity index (χ4v) is 1.23. The van der Waals surface area contributed by atoms with E-state index in [-0.39, 0.29) is 11.6 Å². The molecule has 1 heterocycles. The zero-order valence-electron chi connectivity index (χ0n) is 7.68. The second-order valence-corrected chi connectivity index (χ2v) is 2.95. The van der Waals surface area contributed by atoms with Crippen LogP contribution >= 0.6 is 0 Å². The van der Waals surface area contributed by atoms with Crippen molar-refractivity contribution in [1.29, 1.82) is 0 Å². The number of carboxylic acid groups (broad SMARTS) is 1. The van der Waals surface area contributed by atoms with E-state index in [9.17, 15) is 4.79 Å². The normalized spacial score (nSPS) is 10.1. The number of nitrogens with zero attached hydrogens (tertiary/aromatic N) is 1. The molecule has 0 radical (unpaired) electrons. The van der Waals surface area contributed by atoms with Gasteiger partial charge in [0.2, 0.25) is 0 Å². The maximum Gasteiger partial charge on any atom is 0.335 e. The van der Waals surface area contributed by atoms with Gasteiger partial charge in [-0.15, -0.1) is 0 Å². The molecule has 1 aromatic carbocycles. The number of oxazole rings is 1. The Hall–Kier alpha value is -2.30. The molecule has 0 aliphatic heterocycles. The Morgan fingerprint density at radius 1 is 1.47 bits per heavy atom. The molecule has 0 aliphatic rings. The van der Waals surface area contributed by atoms with E-state index in [2.05, 4.69) is 4.98 Å². The van der Waals surface area contributed by atoms with Crippen LogP contribution in [0.25, 0.3) is 11.3 Å². The van der Waals surface area contributed by atoms with Crippen molar-refractivity contribution in [2.75, 3.05) is 5.73 Å². The zero-order valence-corrected chi connectivity index (χ0v) is 7.68. The van der Waals surface area contributed by atoms with Gasteiger partial charge in [0, 0.05) is 5.56 Å². The van der Waals surface area contributed by atoms with Gasteiger partial charge in [-0.2, -0.15) is 0 Å². The third kappa shape index (κ3) is 1.80. The molecular weight excluding hydrogens is 196 g/mol. The minimum Gasteiger partial charge on any atom is -0.478 e. The number of hydrogen-bond donors (Lipinski definition) is 2. The summed E-state index contributed by atoms with van der Waals surface area (Å²) in [6.45, 7) is 0. The van der Waals surface area contributed by atoms with Gasteiger partial charge in [-0.05, 0) is 12.1 Å². The quantitative estimate of drug-likeness (QED) is 0.775. The van der Waals surface area contributed by atoms with Crippen LogP contribution < -0.4 is 5.73 Å². The summed E-state index contributed by atoms with van der Waals surface area (Å²) in [5.74, 6) is -0.528. The molecule has 0 aliphatic carbocycles. The Morgan fingerprint density at radius 3 is 2.87 bits per heavy atom. The molecule has 0 bridgehead atoms. The molecule has 2 aromatic rings. The van der Waals surface area contributed by atoms with E-state index < -0.39 is 5.97 Å². The summed E-state index contributed by atoms with van der Waals surface area (Å²) in [6.07, 6.45) is 1.45. The van der Waals surface area contributed by atoms with Crippen LogP contribution in [-0.2, 0) is 0 Å². The lowest BCUT2D eigenvalue weighted by Crippen LogP contribution is -1.95. The standard InChI is InChI=1S/C10H8N2O3/c11-10-12-5-8(15-10)6-2-1-3-7(4-6)9(13)14/h1-5H,(H2,11,12)(H,13,14). The third-order valence-electron chi connectivity index (χ3n) is 1.92. The van der Waals surface area contributed by atoms with E-state index in [0.29, 0.717) is 11.3 Å². The fourth-order valence-electron chi connectivity index (χ4n) is 1.23. The van der Waals surface area contributed by atoms with E-state index in [1.807, 2.05) is 0 Å². The van der Waals surface area contributed by atoms with E-state index in [1.165, 1.54) is 18.3 Å². The van der Waals surface area contributed by atoms with Crippen molar-refractivity contribution in [1.82, 2.24) is 4.98 Å². The number of rotatable bonds is 2. The van der Waals surface area contributed by atoms with Crippen LogP contribution in [0.4, 0.5) is 6.01 Å². The van der Waals surface area contributed by atoms with Crippen molar-refractivity contribution in [2.24, 2.45) is 0 Å². The summed E-state index contributed by atoms with van der Waals surface area (Å²) in [7, 11) is 0. The molecule has 0 unspecified atom stereocenters. The predicted molar refractivity (Wildman–Crippen MR) is 53.3 cm³/mol. The Labute approximate surface area is 85.2 Å². The summed E-state index contributed by atoms with van der Waals surface area (Å²) in [6, 6.07) is 6.43. The van der Waals surface area contributed by atoms with Crippen LogP contribution in [0.2, 0.25) is 0 Å². The third-order valence-corrected chi connectivity index (χ3v) is 1.92. The SMILES string of the molecule is Nc1ncc(-c2cccc(C(=O)O)c2)o1. The lowest BCUT2D eigenvalue weighted by atomic mass is 10.1. The van der Waals surface area contributed by atoms with Gasteiger partial charge in [-0.1, -0.05) is 12.1 Å².